The van der Waals surface area contributed by atoms with Gasteiger partial charge in [0.15, 0.2) is 5.96 Å². The largest absolute Gasteiger partial charge is 0.356 e. The minimum Gasteiger partial charge on any atom is -0.356 e. The van der Waals surface area contributed by atoms with Crippen molar-refractivity contribution < 1.29 is 0 Å². The van der Waals surface area contributed by atoms with E-state index in [0.717, 1.165) is 35.8 Å². The van der Waals surface area contributed by atoms with Crippen LogP contribution in [-0.2, 0) is 13.0 Å². The Labute approximate surface area is 179 Å². The summed E-state index contributed by atoms with van der Waals surface area (Å²) in [6.07, 6.45) is 4.85. The molecule has 0 atom stereocenters. The zero-order chi connectivity index (χ0) is 17.6. The first-order valence-electron chi connectivity index (χ1n) is 7.97. The van der Waals surface area contributed by atoms with E-state index in [9.17, 15) is 0 Å². The van der Waals surface area contributed by atoms with Gasteiger partial charge >= 0.3 is 0 Å². The standard InChI is InChI=1S/C18H19Cl2N5.HI/c1-21-18(23-11-13-5-6-14(19)10-16(13)20)22-8-7-15-12-25-9-3-2-4-17(25)24-15;/h2-6,9-10,12H,7-8,11H2,1H3,(H2,21,22,23);1H. The van der Waals surface area contributed by atoms with Gasteiger partial charge in [-0.05, 0) is 29.8 Å². The molecule has 0 saturated heterocycles. The van der Waals surface area contributed by atoms with Crippen LogP contribution in [0.25, 0.3) is 5.65 Å². The van der Waals surface area contributed by atoms with Crippen molar-refractivity contribution in [2.75, 3.05) is 13.6 Å². The Morgan fingerprint density at radius 1 is 1.19 bits per heavy atom. The van der Waals surface area contributed by atoms with Gasteiger partial charge in [0.1, 0.15) is 5.65 Å². The summed E-state index contributed by atoms with van der Waals surface area (Å²) in [5.74, 6) is 0.717. The van der Waals surface area contributed by atoms with Crippen molar-refractivity contribution in [3.8, 4) is 0 Å². The zero-order valence-electron chi connectivity index (χ0n) is 14.2. The lowest BCUT2D eigenvalue weighted by Gasteiger charge is -2.12. The summed E-state index contributed by atoms with van der Waals surface area (Å²) in [4.78, 5) is 8.81. The Morgan fingerprint density at radius 3 is 2.77 bits per heavy atom. The van der Waals surface area contributed by atoms with Crippen LogP contribution in [-0.4, -0.2) is 28.9 Å². The summed E-state index contributed by atoms with van der Waals surface area (Å²) in [6, 6.07) is 11.4. The maximum atomic E-state index is 6.18. The van der Waals surface area contributed by atoms with E-state index in [-0.39, 0.29) is 24.0 Å². The lowest BCUT2D eigenvalue weighted by Crippen LogP contribution is -2.37. The minimum atomic E-state index is 0. The van der Waals surface area contributed by atoms with E-state index < -0.39 is 0 Å². The number of halogens is 3. The third-order valence-electron chi connectivity index (χ3n) is 3.77. The predicted octanol–water partition coefficient (Wildman–Crippen LogP) is 4.17. The quantitative estimate of drug-likeness (QED) is 0.312. The van der Waals surface area contributed by atoms with Gasteiger partial charge in [-0.1, -0.05) is 35.3 Å². The second-order valence-corrected chi connectivity index (χ2v) is 6.38. The molecule has 0 aliphatic carbocycles. The Kier molecular flexibility index (Phi) is 7.99. The number of nitrogens with one attached hydrogen (secondary N) is 2. The molecule has 5 nitrogen and oxygen atoms in total. The molecule has 2 aromatic heterocycles. The van der Waals surface area contributed by atoms with Gasteiger partial charge in [-0.25, -0.2) is 4.98 Å². The van der Waals surface area contributed by atoms with E-state index >= 15 is 0 Å². The molecular weight excluding hydrogens is 484 g/mol. The number of hydrogen-bond donors (Lipinski definition) is 2. The lowest BCUT2D eigenvalue weighted by atomic mass is 10.2. The highest BCUT2D eigenvalue weighted by Gasteiger charge is 2.04. The van der Waals surface area contributed by atoms with Crippen LogP contribution in [0.15, 0.2) is 53.8 Å². The Bertz CT molecular complexity index is 861. The summed E-state index contributed by atoms with van der Waals surface area (Å²) in [6.45, 7) is 1.31. The number of aliphatic imine (C=N–C) groups is 1. The van der Waals surface area contributed by atoms with Crippen molar-refractivity contribution in [1.29, 1.82) is 0 Å². The van der Waals surface area contributed by atoms with Crippen molar-refractivity contribution in [1.82, 2.24) is 20.0 Å². The van der Waals surface area contributed by atoms with Gasteiger partial charge in [0, 0.05) is 49.0 Å². The summed E-state index contributed by atoms with van der Waals surface area (Å²) < 4.78 is 2.02. The molecule has 0 amide bonds. The van der Waals surface area contributed by atoms with E-state index in [2.05, 4.69) is 20.6 Å². The van der Waals surface area contributed by atoms with Crippen molar-refractivity contribution in [2.45, 2.75) is 13.0 Å². The van der Waals surface area contributed by atoms with Crippen LogP contribution in [0.2, 0.25) is 10.0 Å². The van der Waals surface area contributed by atoms with Crippen LogP contribution in [0.1, 0.15) is 11.3 Å². The fourth-order valence-electron chi connectivity index (χ4n) is 2.48. The molecule has 138 valence electrons. The molecule has 0 aliphatic heterocycles. The number of aromatic nitrogens is 2. The lowest BCUT2D eigenvalue weighted by molar-refractivity contribution is 0.787. The molecule has 1 aromatic carbocycles. The second-order valence-electron chi connectivity index (χ2n) is 5.54. The minimum absolute atomic E-state index is 0. The summed E-state index contributed by atoms with van der Waals surface area (Å²) in [7, 11) is 1.74. The van der Waals surface area contributed by atoms with Gasteiger partial charge in [-0.3, -0.25) is 4.99 Å². The van der Waals surface area contributed by atoms with E-state index in [1.54, 1.807) is 13.1 Å². The molecule has 0 fully saturated rings. The number of benzene rings is 1. The fraction of sp³-hybridized carbons (Fsp3) is 0.222. The SMILES string of the molecule is CN=C(NCCc1cn2ccccc2n1)NCc1ccc(Cl)cc1Cl.I. The first-order chi connectivity index (χ1) is 12.2. The molecule has 0 bridgehead atoms. The highest BCUT2D eigenvalue weighted by atomic mass is 127. The number of imidazole rings is 1. The summed E-state index contributed by atoms with van der Waals surface area (Å²) >= 11 is 12.1. The van der Waals surface area contributed by atoms with Crippen LogP contribution >= 0.6 is 47.2 Å². The predicted molar refractivity (Wildman–Crippen MR) is 119 cm³/mol. The maximum absolute atomic E-state index is 6.18. The summed E-state index contributed by atoms with van der Waals surface area (Å²) in [5.41, 5.74) is 2.96. The molecule has 0 radical (unpaired) electrons. The molecule has 0 spiro atoms. The van der Waals surface area contributed by atoms with Gasteiger partial charge in [0.25, 0.3) is 0 Å². The number of guanidine groups is 1. The first-order valence-corrected chi connectivity index (χ1v) is 8.72. The molecule has 2 heterocycles. The molecule has 0 aliphatic rings. The van der Waals surface area contributed by atoms with Gasteiger partial charge in [0.05, 0.1) is 5.69 Å². The molecule has 8 heteroatoms. The molecule has 3 rings (SSSR count). The number of pyridine rings is 1. The average Bonchev–Trinajstić information content (AvgIpc) is 3.02. The van der Waals surface area contributed by atoms with Crippen molar-refractivity contribution in [2.24, 2.45) is 4.99 Å². The maximum Gasteiger partial charge on any atom is 0.191 e. The Balaban J connectivity index is 0.00000243. The van der Waals surface area contributed by atoms with Gasteiger partial charge < -0.3 is 15.0 Å². The molecule has 0 unspecified atom stereocenters. The van der Waals surface area contributed by atoms with Crippen molar-refractivity contribution in [3.63, 3.8) is 0 Å². The Morgan fingerprint density at radius 2 is 2.04 bits per heavy atom. The van der Waals surface area contributed by atoms with E-state index in [1.165, 1.54) is 0 Å². The van der Waals surface area contributed by atoms with E-state index in [1.807, 2.05) is 47.1 Å². The third kappa shape index (κ3) is 5.49. The topological polar surface area (TPSA) is 53.7 Å². The molecule has 0 saturated carbocycles. The monoisotopic (exact) mass is 503 g/mol. The molecule has 3 aromatic rings. The second kappa shape index (κ2) is 9.99. The number of hydrogen-bond acceptors (Lipinski definition) is 2. The van der Waals surface area contributed by atoms with E-state index in [0.29, 0.717) is 16.6 Å². The first kappa shape index (κ1) is 20.8. The number of fused-ring (bicyclic) bond motifs is 1. The zero-order valence-corrected chi connectivity index (χ0v) is 18.1. The van der Waals surface area contributed by atoms with Gasteiger partial charge in [-0.2, -0.15) is 0 Å². The Hall–Kier alpha value is -1.51. The van der Waals surface area contributed by atoms with Crippen molar-refractivity contribution in [3.05, 3.63) is 70.1 Å². The average molecular weight is 504 g/mol. The van der Waals surface area contributed by atoms with Crippen LogP contribution in [0.3, 0.4) is 0 Å². The smallest absolute Gasteiger partial charge is 0.191 e. The van der Waals surface area contributed by atoms with Crippen LogP contribution in [0.5, 0.6) is 0 Å². The van der Waals surface area contributed by atoms with Gasteiger partial charge in [0.2, 0.25) is 0 Å². The van der Waals surface area contributed by atoms with Crippen molar-refractivity contribution >= 4 is 58.8 Å². The van der Waals surface area contributed by atoms with Crippen LogP contribution in [0, 0.1) is 0 Å². The highest BCUT2D eigenvalue weighted by Crippen LogP contribution is 2.20. The van der Waals surface area contributed by atoms with E-state index in [4.69, 9.17) is 23.2 Å². The molecular formula is C18H20Cl2IN5. The highest BCUT2D eigenvalue weighted by molar-refractivity contribution is 14.0. The number of nitrogens with zero attached hydrogens (tertiary/aromatic N) is 3. The van der Waals surface area contributed by atoms with Crippen LogP contribution in [0.4, 0.5) is 0 Å². The van der Waals surface area contributed by atoms with Crippen LogP contribution < -0.4 is 10.6 Å². The molecule has 2 N–H and O–H groups in total. The van der Waals surface area contributed by atoms with Gasteiger partial charge in [-0.15, -0.1) is 24.0 Å². The molecule has 26 heavy (non-hydrogen) atoms. The third-order valence-corrected chi connectivity index (χ3v) is 4.36. The number of rotatable bonds is 5. The fourth-order valence-corrected chi connectivity index (χ4v) is 2.96. The summed E-state index contributed by atoms with van der Waals surface area (Å²) in [5, 5.41) is 7.80. The normalized spacial score (nSPS) is 11.3.